The van der Waals surface area contributed by atoms with Crippen LogP contribution in [-0.4, -0.2) is 59.9 Å². The van der Waals surface area contributed by atoms with Crippen molar-refractivity contribution in [2.24, 2.45) is 5.73 Å². The van der Waals surface area contributed by atoms with Crippen molar-refractivity contribution in [1.29, 1.82) is 0 Å². The molecule has 0 aromatic carbocycles. The van der Waals surface area contributed by atoms with E-state index in [1.165, 1.54) is 135 Å². The van der Waals surface area contributed by atoms with Crippen LogP contribution in [0.5, 0.6) is 0 Å². The smallest absolute Gasteiger partial charge is 0.472 e. The molecule has 0 aromatic heterocycles. The van der Waals surface area contributed by atoms with Crippen LogP contribution in [0.25, 0.3) is 0 Å². The monoisotopic (exact) mass is 818 g/mol. The average Bonchev–Trinajstić information content (AvgIpc) is 3.17. The van der Waals surface area contributed by atoms with Gasteiger partial charge in [0.05, 0.1) is 13.2 Å². The maximum Gasteiger partial charge on any atom is 0.472 e. The zero-order valence-corrected chi connectivity index (χ0v) is 36.6. The molecule has 4 N–H and O–H groups in total. The summed E-state index contributed by atoms with van der Waals surface area (Å²) in [5.74, 6) is -2.37. The Kier molecular flexibility index (Phi) is 38.7. The van der Waals surface area contributed by atoms with E-state index in [-0.39, 0.29) is 19.4 Å². The first-order chi connectivity index (χ1) is 27.1. The molecule has 0 radical (unpaired) electrons. The number of unbranched alkanes of at least 4 members (excludes halogenated alkanes) is 27. The first kappa shape index (κ1) is 54.2. The number of hydrogen-bond donors (Lipinski definition) is 3. The van der Waals surface area contributed by atoms with Gasteiger partial charge in [0, 0.05) is 12.8 Å². The van der Waals surface area contributed by atoms with Crippen LogP contribution in [-0.2, 0) is 37.5 Å². The molecule has 3 unspecified atom stereocenters. The lowest BCUT2D eigenvalue weighted by atomic mass is 10.0. The fourth-order valence-corrected chi connectivity index (χ4v) is 7.19. The predicted octanol–water partition coefficient (Wildman–Crippen LogP) is 12.1. The second-order valence-electron chi connectivity index (χ2n) is 15.5. The maximum absolute atomic E-state index is 12.6. The molecule has 0 aliphatic heterocycles. The molecule has 0 amide bonds. The predicted molar refractivity (Wildman–Crippen MR) is 226 cm³/mol. The second-order valence-corrected chi connectivity index (χ2v) is 17.0. The van der Waals surface area contributed by atoms with Crippen molar-refractivity contribution in [2.75, 3.05) is 19.8 Å². The molecule has 0 fully saturated rings. The number of aliphatic carboxylic acids is 1. The molecule has 11 nitrogen and oxygen atoms in total. The lowest BCUT2D eigenvalue weighted by Crippen LogP contribution is -2.34. The van der Waals surface area contributed by atoms with E-state index in [0.717, 1.165) is 44.9 Å². The summed E-state index contributed by atoms with van der Waals surface area (Å²) in [6.07, 6.45) is 39.8. The van der Waals surface area contributed by atoms with Gasteiger partial charge >= 0.3 is 25.7 Å². The van der Waals surface area contributed by atoms with E-state index in [1.807, 2.05) is 0 Å². The van der Waals surface area contributed by atoms with E-state index in [4.69, 9.17) is 24.8 Å². The Labute approximate surface area is 341 Å². The summed E-state index contributed by atoms with van der Waals surface area (Å²) in [5.41, 5.74) is 5.34. The lowest BCUT2D eigenvalue weighted by molar-refractivity contribution is -0.161. The number of rotatable bonds is 43. The standard InChI is InChI=1S/C44H84NO10P/c1-3-5-7-9-11-13-15-17-19-20-21-22-24-26-28-30-32-34-36-43(47)55-40(38-53-56(50,51)54-39-41(45)44(48)49)37-52-42(46)35-33-31-29-27-25-23-18-16-14-12-10-8-6-4-2/h19-20,40-41H,3-18,21-39,45H2,1-2H3,(H,48,49)(H,50,51)/b20-19-. The maximum atomic E-state index is 12.6. The van der Waals surface area contributed by atoms with Gasteiger partial charge in [0.1, 0.15) is 12.6 Å². The molecule has 330 valence electrons. The molecule has 3 atom stereocenters. The number of nitrogens with two attached hydrogens (primary N) is 1. The summed E-state index contributed by atoms with van der Waals surface area (Å²) in [5, 5.41) is 8.89. The molecule has 0 heterocycles. The minimum atomic E-state index is -4.71. The largest absolute Gasteiger partial charge is 0.480 e. The highest BCUT2D eigenvalue weighted by Gasteiger charge is 2.28. The van der Waals surface area contributed by atoms with E-state index >= 15 is 0 Å². The van der Waals surface area contributed by atoms with Gasteiger partial charge in [0.2, 0.25) is 0 Å². The first-order valence-electron chi connectivity index (χ1n) is 22.7. The SMILES string of the molecule is CCCCCCCCC/C=C\CCCCCCCCCC(=O)OC(COC(=O)CCCCCCCCCCCCCCCC)COP(=O)(O)OCC(N)C(=O)O. The van der Waals surface area contributed by atoms with Crippen molar-refractivity contribution in [2.45, 2.75) is 231 Å². The number of ether oxygens (including phenoxy) is 2. The molecule has 0 aliphatic rings. The average molecular weight is 818 g/mol. The molecule has 56 heavy (non-hydrogen) atoms. The van der Waals surface area contributed by atoms with E-state index < -0.39 is 51.1 Å². The van der Waals surface area contributed by atoms with Gasteiger partial charge in [-0.25, -0.2) is 4.57 Å². The van der Waals surface area contributed by atoms with Gasteiger partial charge in [-0.05, 0) is 38.5 Å². The molecule has 0 saturated heterocycles. The molecule has 0 spiro atoms. The molecule has 0 bridgehead atoms. The first-order valence-corrected chi connectivity index (χ1v) is 24.2. The van der Waals surface area contributed by atoms with Crippen molar-refractivity contribution >= 4 is 25.7 Å². The quantitative estimate of drug-likeness (QED) is 0.0231. The Bertz CT molecular complexity index is 1010. The number of carbonyl (C=O) groups excluding carboxylic acids is 2. The van der Waals surface area contributed by atoms with Crippen LogP contribution in [0.15, 0.2) is 12.2 Å². The zero-order valence-electron chi connectivity index (χ0n) is 35.7. The number of allylic oxidation sites excluding steroid dienone is 2. The second kappa shape index (κ2) is 40.0. The Morgan fingerprint density at radius 1 is 0.536 bits per heavy atom. The Morgan fingerprint density at radius 2 is 0.893 bits per heavy atom. The van der Waals surface area contributed by atoms with E-state index in [1.54, 1.807) is 0 Å². The summed E-state index contributed by atoms with van der Waals surface area (Å²) in [7, 11) is -4.71. The van der Waals surface area contributed by atoms with Gasteiger partial charge in [0.25, 0.3) is 0 Å². The van der Waals surface area contributed by atoms with Gasteiger partial charge in [-0.2, -0.15) is 0 Å². The van der Waals surface area contributed by atoms with Crippen LogP contribution in [0, 0.1) is 0 Å². The highest BCUT2D eigenvalue weighted by atomic mass is 31.2. The highest BCUT2D eigenvalue weighted by Crippen LogP contribution is 2.43. The Morgan fingerprint density at radius 3 is 1.30 bits per heavy atom. The van der Waals surface area contributed by atoms with Gasteiger partial charge in [0.15, 0.2) is 6.10 Å². The summed E-state index contributed by atoms with van der Waals surface area (Å²) < 4.78 is 32.7. The van der Waals surface area contributed by atoms with E-state index in [0.29, 0.717) is 12.8 Å². The topological polar surface area (TPSA) is 172 Å². The zero-order chi connectivity index (χ0) is 41.4. The summed E-state index contributed by atoms with van der Waals surface area (Å²) in [6, 6.07) is -1.52. The lowest BCUT2D eigenvalue weighted by Gasteiger charge is -2.20. The van der Waals surface area contributed by atoms with Gasteiger partial charge < -0.3 is 25.2 Å². The van der Waals surface area contributed by atoms with Crippen LogP contribution >= 0.6 is 7.82 Å². The summed E-state index contributed by atoms with van der Waals surface area (Å²) in [4.78, 5) is 46.0. The van der Waals surface area contributed by atoms with Gasteiger partial charge in [-0.3, -0.25) is 23.4 Å². The van der Waals surface area contributed by atoms with Crippen LogP contribution in [0.3, 0.4) is 0 Å². The molecule has 12 heteroatoms. The summed E-state index contributed by atoms with van der Waals surface area (Å²) in [6.45, 7) is 2.82. The van der Waals surface area contributed by atoms with E-state index in [2.05, 4.69) is 30.5 Å². The minimum Gasteiger partial charge on any atom is -0.480 e. The summed E-state index contributed by atoms with van der Waals surface area (Å²) >= 11 is 0. The number of carboxylic acid groups (broad SMARTS) is 1. The highest BCUT2D eigenvalue weighted by molar-refractivity contribution is 7.47. The number of carbonyl (C=O) groups is 3. The molecule has 0 rings (SSSR count). The normalized spacial score (nSPS) is 13.8. The molecule has 0 aliphatic carbocycles. The Balaban J connectivity index is 4.31. The van der Waals surface area contributed by atoms with Crippen molar-refractivity contribution in [1.82, 2.24) is 0 Å². The molecule has 0 aromatic rings. The number of phosphoric ester groups is 1. The van der Waals surface area contributed by atoms with Crippen molar-refractivity contribution in [3.8, 4) is 0 Å². The Hall–Kier alpha value is -1.78. The van der Waals surface area contributed by atoms with Crippen LogP contribution in [0.2, 0.25) is 0 Å². The van der Waals surface area contributed by atoms with E-state index in [9.17, 15) is 23.8 Å². The van der Waals surface area contributed by atoms with Gasteiger partial charge in [-0.1, -0.05) is 180 Å². The third-order valence-corrected chi connectivity index (χ3v) is 11.0. The third-order valence-electron chi connectivity index (χ3n) is 10.0. The fraction of sp³-hybridized carbons (Fsp3) is 0.886. The van der Waals surface area contributed by atoms with Crippen molar-refractivity contribution in [3.63, 3.8) is 0 Å². The van der Waals surface area contributed by atoms with Gasteiger partial charge in [-0.15, -0.1) is 0 Å². The van der Waals surface area contributed by atoms with Crippen LogP contribution < -0.4 is 5.73 Å². The number of hydrogen-bond acceptors (Lipinski definition) is 9. The molecular weight excluding hydrogens is 733 g/mol. The molecular formula is C44H84NO10P. The van der Waals surface area contributed by atoms with Crippen molar-refractivity contribution in [3.05, 3.63) is 12.2 Å². The number of esters is 2. The fourth-order valence-electron chi connectivity index (χ4n) is 6.41. The molecule has 0 saturated carbocycles. The third kappa shape index (κ3) is 39.1. The number of phosphoric acid groups is 1. The minimum absolute atomic E-state index is 0.160. The number of carboxylic acids is 1. The van der Waals surface area contributed by atoms with Crippen molar-refractivity contribution < 1.29 is 47.5 Å². The van der Waals surface area contributed by atoms with Crippen LogP contribution in [0.4, 0.5) is 0 Å². The van der Waals surface area contributed by atoms with Crippen LogP contribution in [0.1, 0.15) is 219 Å².